The highest BCUT2D eigenvalue weighted by atomic mass is 16.6. The van der Waals surface area contributed by atoms with Crippen molar-refractivity contribution in [2.45, 2.75) is 52.3 Å². The molecule has 0 aromatic heterocycles. The molecule has 1 heterocycles. The van der Waals surface area contributed by atoms with Gasteiger partial charge in [0, 0.05) is 25.2 Å². The summed E-state index contributed by atoms with van der Waals surface area (Å²) in [5, 5.41) is 0. The summed E-state index contributed by atoms with van der Waals surface area (Å²) in [6.45, 7) is 11.4. The number of rotatable bonds is 0. The molecule has 1 aliphatic rings. The van der Waals surface area contributed by atoms with Crippen LogP contribution in [0.3, 0.4) is 0 Å². The van der Waals surface area contributed by atoms with Crippen molar-refractivity contribution in [1.29, 1.82) is 0 Å². The van der Waals surface area contributed by atoms with Gasteiger partial charge >= 0.3 is 6.09 Å². The summed E-state index contributed by atoms with van der Waals surface area (Å²) < 4.78 is 5.38. The van der Waals surface area contributed by atoms with Gasteiger partial charge in [-0.25, -0.2) is 4.79 Å². The third-order valence-corrected chi connectivity index (χ3v) is 3.01. The van der Waals surface area contributed by atoms with Gasteiger partial charge in [-0.05, 0) is 41.7 Å². The molecule has 16 heavy (non-hydrogen) atoms. The normalized spacial score (nSPS) is 28.0. The first-order valence-electron chi connectivity index (χ1n) is 5.90. The fraction of sp³-hybridized carbons (Fsp3) is 0.917. The number of likely N-dealkylation sites (N-methyl/N-ethyl adjacent to an activating group) is 1. The number of carbonyl (C=O) groups excluding carboxylic acids is 1. The fourth-order valence-corrected chi connectivity index (χ4v) is 1.88. The SMILES string of the molecule is C[C@H]1CN(C(=O)OC(C)(C)C)C[C@H](C)N1C. The molecule has 2 atom stereocenters. The van der Waals surface area contributed by atoms with Gasteiger partial charge in [0.05, 0.1) is 0 Å². The van der Waals surface area contributed by atoms with E-state index in [0.29, 0.717) is 12.1 Å². The quantitative estimate of drug-likeness (QED) is 0.635. The van der Waals surface area contributed by atoms with Gasteiger partial charge in [-0.1, -0.05) is 0 Å². The zero-order valence-corrected chi connectivity index (χ0v) is 11.3. The second kappa shape index (κ2) is 4.62. The maximum atomic E-state index is 11.9. The lowest BCUT2D eigenvalue weighted by Crippen LogP contribution is -2.57. The Hall–Kier alpha value is -0.770. The summed E-state index contributed by atoms with van der Waals surface area (Å²) >= 11 is 0. The van der Waals surface area contributed by atoms with Gasteiger partial charge in [-0.15, -0.1) is 0 Å². The largest absolute Gasteiger partial charge is 0.444 e. The summed E-state index contributed by atoms with van der Waals surface area (Å²) in [6, 6.07) is 0.771. The van der Waals surface area contributed by atoms with E-state index in [2.05, 4.69) is 25.8 Å². The molecule has 1 saturated heterocycles. The van der Waals surface area contributed by atoms with E-state index in [1.807, 2.05) is 20.8 Å². The number of ether oxygens (including phenoxy) is 1. The smallest absolute Gasteiger partial charge is 0.410 e. The molecule has 0 spiro atoms. The van der Waals surface area contributed by atoms with E-state index in [0.717, 1.165) is 13.1 Å². The molecule has 0 N–H and O–H groups in total. The van der Waals surface area contributed by atoms with Crippen molar-refractivity contribution >= 4 is 6.09 Å². The topological polar surface area (TPSA) is 32.8 Å². The van der Waals surface area contributed by atoms with Crippen molar-refractivity contribution in [3.8, 4) is 0 Å². The van der Waals surface area contributed by atoms with E-state index in [-0.39, 0.29) is 6.09 Å². The minimum absolute atomic E-state index is 0.195. The minimum atomic E-state index is -0.410. The van der Waals surface area contributed by atoms with Crippen molar-refractivity contribution in [1.82, 2.24) is 9.80 Å². The zero-order valence-electron chi connectivity index (χ0n) is 11.3. The van der Waals surface area contributed by atoms with Gasteiger partial charge < -0.3 is 9.64 Å². The number of amides is 1. The molecule has 4 nitrogen and oxygen atoms in total. The lowest BCUT2D eigenvalue weighted by atomic mass is 10.1. The average molecular weight is 228 g/mol. The second-order valence-corrected chi connectivity index (χ2v) is 5.75. The summed E-state index contributed by atoms with van der Waals surface area (Å²) in [5.41, 5.74) is -0.410. The first-order valence-corrected chi connectivity index (χ1v) is 5.90. The van der Waals surface area contributed by atoms with Crippen LogP contribution in [0, 0.1) is 0 Å². The van der Waals surface area contributed by atoms with Crippen LogP contribution in [-0.4, -0.2) is 53.7 Å². The molecule has 1 fully saturated rings. The molecule has 0 saturated carbocycles. The van der Waals surface area contributed by atoms with Crippen LogP contribution < -0.4 is 0 Å². The van der Waals surface area contributed by atoms with Crippen LogP contribution in [0.1, 0.15) is 34.6 Å². The van der Waals surface area contributed by atoms with Gasteiger partial charge in [0.25, 0.3) is 0 Å². The Morgan fingerprint density at radius 2 is 1.62 bits per heavy atom. The predicted octanol–water partition coefficient (Wildman–Crippen LogP) is 1.95. The van der Waals surface area contributed by atoms with Gasteiger partial charge in [0.2, 0.25) is 0 Å². The lowest BCUT2D eigenvalue weighted by Gasteiger charge is -2.42. The third-order valence-electron chi connectivity index (χ3n) is 3.01. The Morgan fingerprint density at radius 3 is 2.00 bits per heavy atom. The summed E-state index contributed by atoms with van der Waals surface area (Å²) in [7, 11) is 2.10. The molecule has 94 valence electrons. The van der Waals surface area contributed by atoms with Crippen LogP contribution in [0.2, 0.25) is 0 Å². The molecule has 0 radical (unpaired) electrons. The van der Waals surface area contributed by atoms with E-state index in [1.165, 1.54) is 0 Å². The Labute approximate surface area is 98.5 Å². The Bertz CT molecular complexity index is 248. The number of hydrogen-bond acceptors (Lipinski definition) is 3. The molecule has 0 aromatic carbocycles. The summed E-state index contributed by atoms with van der Waals surface area (Å²) in [4.78, 5) is 16.0. The van der Waals surface area contributed by atoms with Gasteiger partial charge in [0.1, 0.15) is 5.60 Å². The fourth-order valence-electron chi connectivity index (χ4n) is 1.88. The molecular weight excluding hydrogens is 204 g/mol. The van der Waals surface area contributed by atoms with Crippen molar-refractivity contribution in [3.63, 3.8) is 0 Å². The molecule has 0 unspecified atom stereocenters. The van der Waals surface area contributed by atoms with E-state index in [9.17, 15) is 4.79 Å². The van der Waals surface area contributed by atoms with Crippen LogP contribution in [-0.2, 0) is 4.74 Å². The third kappa shape index (κ3) is 3.37. The molecule has 1 amide bonds. The van der Waals surface area contributed by atoms with Gasteiger partial charge in [0.15, 0.2) is 0 Å². The molecular formula is C12H24N2O2. The van der Waals surface area contributed by atoms with Crippen LogP contribution in [0.15, 0.2) is 0 Å². The Kier molecular flexibility index (Phi) is 3.84. The average Bonchev–Trinajstić information content (AvgIpc) is 2.10. The first kappa shape index (κ1) is 13.3. The van der Waals surface area contributed by atoms with E-state index < -0.39 is 5.60 Å². The van der Waals surface area contributed by atoms with Crippen LogP contribution in [0.4, 0.5) is 4.79 Å². The Balaban J connectivity index is 2.58. The predicted molar refractivity (Wildman–Crippen MR) is 64.5 cm³/mol. The Morgan fingerprint density at radius 1 is 1.19 bits per heavy atom. The minimum Gasteiger partial charge on any atom is -0.444 e. The van der Waals surface area contributed by atoms with Crippen molar-refractivity contribution in [2.24, 2.45) is 0 Å². The summed E-state index contributed by atoms with van der Waals surface area (Å²) in [5.74, 6) is 0. The maximum absolute atomic E-state index is 11.9. The number of hydrogen-bond donors (Lipinski definition) is 0. The number of carbonyl (C=O) groups is 1. The highest BCUT2D eigenvalue weighted by molar-refractivity contribution is 5.68. The van der Waals surface area contributed by atoms with Gasteiger partial charge in [-0.3, -0.25) is 4.90 Å². The van der Waals surface area contributed by atoms with Crippen LogP contribution in [0.5, 0.6) is 0 Å². The van der Waals surface area contributed by atoms with E-state index in [4.69, 9.17) is 4.74 Å². The van der Waals surface area contributed by atoms with Crippen molar-refractivity contribution < 1.29 is 9.53 Å². The molecule has 4 heteroatoms. The number of piperazine rings is 1. The first-order chi connectivity index (χ1) is 7.20. The van der Waals surface area contributed by atoms with E-state index in [1.54, 1.807) is 4.90 Å². The highest BCUT2D eigenvalue weighted by Crippen LogP contribution is 2.16. The molecule has 0 aliphatic carbocycles. The van der Waals surface area contributed by atoms with Crippen LogP contribution in [0.25, 0.3) is 0 Å². The maximum Gasteiger partial charge on any atom is 0.410 e. The summed E-state index contributed by atoms with van der Waals surface area (Å²) in [6.07, 6.45) is -0.195. The monoisotopic (exact) mass is 228 g/mol. The lowest BCUT2D eigenvalue weighted by molar-refractivity contribution is -0.00139. The second-order valence-electron chi connectivity index (χ2n) is 5.75. The van der Waals surface area contributed by atoms with Gasteiger partial charge in [-0.2, -0.15) is 0 Å². The standard InChI is InChI=1S/C12H24N2O2/c1-9-7-14(8-10(2)13(9)6)11(15)16-12(3,4)5/h9-10H,7-8H2,1-6H3/t9-,10-/m0/s1. The molecule has 1 rings (SSSR count). The molecule has 0 bridgehead atoms. The number of nitrogens with zero attached hydrogens (tertiary/aromatic N) is 2. The molecule has 1 aliphatic heterocycles. The van der Waals surface area contributed by atoms with Crippen molar-refractivity contribution in [3.05, 3.63) is 0 Å². The zero-order chi connectivity index (χ0) is 12.5. The highest BCUT2D eigenvalue weighted by Gasteiger charge is 2.31. The van der Waals surface area contributed by atoms with Crippen LogP contribution >= 0.6 is 0 Å². The van der Waals surface area contributed by atoms with E-state index >= 15 is 0 Å². The molecule has 0 aromatic rings. The van der Waals surface area contributed by atoms with Crippen molar-refractivity contribution in [2.75, 3.05) is 20.1 Å².